The van der Waals surface area contributed by atoms with E-state index in [9.17, 15) is 5.11 Å². The third kappa shape index (κ3) is 2.82. The van der Waals surface area contributed by atoms with E-state index in [1.165, 1.54) is 34.7 Å². The Kier molecular flexibility index (Phi) is 4.25. The molecule has 0 spiro atoms. The van der Waals surface area contributed by atoms with E-state index in [1.54, 1.807) is 5.56 Å². The Morgan fingerprint density at radius 3 is 2.28 bits per heavy atom. The van der Waals surface area contributed by atoms with Crippen LogP contribution in [0.2, 0.25) is 0 Å². The van der Waals surface area contributed by atoms with Gasteiger partial charge in [0.05, 0.1) is 0 Å². The Balaban J connectivity index is 1.57. The van der Waals surface area contributed by atoms with E-state index in [4.69, 9.17) is 0 Å². The fourth-order valence-electron chi connectivity index (χ4n) is 4.71. The molecule has 0 bridgehead atoms. The highest BCUT2D eigenvalue weighted by Gasteiger charge is 2.31. The quantitative estimate of drug-likeness (QED) is 0.550. The number of aromatic hydroxyl groups is 1. The van der Waals surface area contributed by atoms with Crippen LogP contribution in [0, 0.1) is 0 Å². The van der Waals surface area contributed by atoms with Gasteiger partial charge in [-0.05, 0) is 76.6 Å². The van der Waals surface area contributed by atoms with E-state index >= 15 is 0 Å². The fourth-order valence-corrected chi connectivity index (χ4v) is 4.71. The van der Waals surface area contributed by atoms with E-state index in [-0.39, 0.29) is 0 Å². The first-order valence-electron chi connectivity index (χ1n) is 9.49. The summed E-state index contributed by atoms with van der Waals surface area (Å²) in [6.45, 7) is 4.66. The second kappa shape index (κ2) is 6.55. The number of hydrogen-bond acceptors (Lipinski definition) is 1. The average Bonchev–Trinajstić information content (AvgIpc) is 2.91. The van der Waals surface area contributed by atoms with Crippen LogP contribution >= 0.6 is 0 Å². The molecule has 0 saturated heterocycles. The molecule has 128 valence electrons. The second-order valence-corrected chi connectivity index (χ2v) is 7.46. The predicted octanol–water partition coefficient (Wildman–Crippen LogP) is 6.72. The van der Waals surface area contributed by atoms with Gasteiger partial charge in [-0.2, -0.15) is 0 Å². The van der Waals surface area contributed by atoms with Crippen LogP contribution in [0.25, 0.3) is 10.8 Å². The zero-order valence-electron chi connectivity index (χ0n) is 15.1. The lowest BCUT2D eigenvalue weighted by Gasteiger charge is -2.22. The highest BCUT2D eigenvalue weighted by molar-refractivity contribution is 5.92. The van der Waals surface area contributed by atoms with Crippen LogP contribution in [0.5, 0.6) is 5.75 Å². The van der Waals surface area contributed by atoms with Crippen molar-refractivity contribution >= 4 is 10.8 Å². The summed E-state index contributed by atoms with van der Waals surface area (Å²) in [4.78, 5) is 0. The van der Waals surface area contributed by atoms with Gasteiger partial charge in [0.15, 0.2) is 0 Å². The summed E-state index contributed by atoms with van der Waals surface area (Å²) in [5, 5.41) is 12.4. The molecular formula is C24H26O. The monoisotopic (exact) mass is 330 g/mol. The summed E-state index contributed by atoms with van der Waals surface area (Å²) in [6, 6.07) is 21.3. The van der Waals surface area contributed by atoms with E-state index < -0.39 is 0 Å². The van der Waals surface area contributed by atoms with E-state index in [2.05, 4.69) is 62.4 Å². The minimum atomic E-state index is 0.352. The van der Waals surface area contributed by atoms with Gasteiger partial charge in [-0.3, -0.25) is 0 Å². The third-order valence-corrected chi connectivity index (χ3v) is 6.15. The van der Waals surface area contributed by atoms with Crippen molar-refractivity contribution in [2.24, 2.45) is 0 Å². The normalized spacial score (nSPS) is 20.1. The van der Waals surface area contributed by atoms with Crippen LogP contribution in [-0.2, 0) is 0 Å². The molecule has 0 radical (unpaired) electrons. The smallest absolute Gasteiger partial charge is 0.115 e. The van der Waals surface area contributed by atoms with Crippen LogP contribution in [0.3, 0.4) is 0 Å². The standard InChI is InChI=1S/C24H26O/c1-3-17(18-10-13-20(25)14-11-18)12-15-21-16(2)22-8-4-6-19-7-5-9-23(21)24(19)22/h4-11,13-14,16-17,21,25H,3,12,15H2,1-2H3. The minimum absolute atomic E-state index is 0.352. The number of rotatable bonds is 5. The second-order valence-electron chi connectivity index (χ2n) is 7.46. The summed E-state index contributed by atoms with van der Waals surface area (Å²) in [7, 11) is 0. The van der Waals surface area contributed by atoms with Gasteiger partial charge < -0.3 is 5.11 Å². The summed E-state index contributed by atoms with van der Waals surface area (Å²) in [5.74, 6) is 2.13. The molecule has 3 unspecified atom stereocenters. The first-order valence-corrected chi connectivity index (χ1v) is 9.49. The molecule has 3 atom stereocenters. The van der Waals surface area contributed by atoms with Crippen LogP contribution < -0.4 is 0 Å². The molecule has 0 amide bonds. The largest absolute Gasteiger partial charge is 0.508 e. The minimum Gasteiger partial charge on any atom is -0.508 e. The van der Waals surface area contributed by atoms with E-state index in [0.717, 1.165) is 6.42 Å². The van der Waals surface area contributed by atoms with Crippen molar-refractivity contribution in [1.29, 1.82) is 0 Å². The molecule has 1 aliphatic rings. The maximum atomic E-state index is 9.53. The van der Waals surface area contributed by atoms with E-state index in [0.29, 0.717) is 23.5 Å². The van der Waals surface area contributed by atoms with Gasteiger partial charge in [0, 0.05) is 0 Å². The van der Waals surface area contributed by atoms with Gasteiger partial charge in [0.25, 0.3) is 0 Å². The zero-order valence-corrected chi connectivity index (χ0v) is 15.1. The molecule has 1 nitrogen and oxygen atoms in total. The fraction of sp³-hybridized carbons (Fsp3) is 0.333. The molecule has 3 aromatic rings. The molecule has 1 N–H and O–H groups in total. The van der Waals surface area contributed by atoms with Gasteiger partial charge in [-0.25, -0.2) is 0 Å². The molecule has 0 aliphatic heterocycles. The summed E-state index contributed by atoms with van der Waals surface area (Å²) in [6.07, 6.45) is 3.55. The molecule has 3 aromatic carbocycles. The Labute approximate surface area is 150 Å². The number of hydrogen-bond donors (Lipinski definition) is 1. The Morgan fingerprint density at radius 2 is 1.60 bits per heavy atom. The highest BCUT2D eigenvalue weighted by Crippen LogP contribution is 2.49. The number of phenolic OH excluding ortho intramolecular Hbond substituents is 1. The molecule has 1 heteroatoms. The molecule has 4 rings (SSSR count). The van der Waals surface area contributed by atoms with Crippen LogP contribution in [-0.4, -0.2) is 5.11 Å². The highest BCUT2D eigenvalue weighted by atomic mass is 16.3. The Hall–Kier alpha value is -2.28. The first kappa shape index (κ1) is 16.2. The SMILES string of the molecule is CCC(CCC1c2cccc3cccc(c23)C1C)c1ccc(O)cc1. The van der Waals surface area contributed by atoms with E-state index in [1.807, 2.05) is 12.1 Å². The summed E-state index contributed by atoms with van der Waals surface area (Å²) >= 11 is 0. The Bertz CT molecular complexity index is 873. The van der Waals surface area contributed by atoms with Crippen LogP contribution in [0.1, 0.15) is 67.6 Å². The van der Waals surface area contributed by atoms with Gasteiger partial charge in [-0.1, -0.05) is 62.4 Å². The summed E-state index contributed by atoms with van der Waals surface area (Å²) < 4.78 is 0. The topological polar surface area (TPSA) is 20.2 Å². The van der Waals surface area contributed by atoms with Crippen LogP contribution in [0.4, 0.5) is 0 Å². The van der Waals surface area contributed by atoms with Crippen molar-refractivity contribution < 1.29 is 5.11 Å². The summed E-state index contributed by atoms with van der Waals surface area (Å²) in [5.41, 5.74) is 4.42. The number of phenols is 1. The van der Waals surface area contributed by atoms with Gasteiger partial charge >= 0.3 is 0 Å². The molecular weight excluding hydrogens is 304 g/mol. The zero-order chi connectivity index (χ0) is 17.4. The maximum absolute atomic E-state index is 9.53. The lowest BCUT2D eigenvalue weighted by Crippen LogP contribution is -2.05. The molecule has 0 saturated carbocycles. The van der Waals surface area contributed by atoms with Crippen molar-refractivity contribution in [3.63, 3.8) is 0 Å². The average molecular weight is 330 g/mol. The van der Waals surface area contributed by atoms with Crippen molar-refractivity contribution in [3.8, 4) is 5.75 Å². The van der Waals surface area contributed by atoms with Gasteiger partial charge in [-0.15, -0.1) is 0 Å². The third-order valence-electron chi connectivity index (χ3n) is 6.15. The lowest BCUT2D eigenvalue weighted by molar-refractivity contribution is 0.471. The molecule has 0 fully saturated rings. The molecule has 1 aliphatic carbocycles. The molecule has 25 heavy (non-hydrogen) atoms. The van der Waals surface area contributed by atoms with Crippen LogP contribution in [0.15, 0.2) is 60.7 Å². The number of benzene rings is 3. The predicted molar refractivity (Wildman–Crippen MR) is 105 cm³/mol. The molecule has 0 aromatic heterocycles. The van der Waals surface area contributed by atoms with Crippen molar-refractivity contribution in [2.45, 2.75) is 50.9 Å². The first-order chi connectivity index (χ1) is 12.2. The van der Waals surface area contributed by atoms with Crippen molar-refractivity contribution in [1.82, 2.24) is 0 Å². The van der Waals surface area contributed by atoms with Gasteiger partial charge in [0.1, 0.15) is 5.75 Å². The lowest BCUT2D eigenvalue weighted by atomic mass is 9.82. The maximum Gasteiger partial charge on any atom is 0.115 e. The Morgan fingerprint density at radius 1 is 0.920 bits per heavy atom. The molecule has 0 heterocycles. The van der Waals surface area contributed by atoms with Crippen molar-refractivity contribution in [2.75, 3.05) is 0 Å². The van der Waals surface area contributed by atoms with Gasteiger partial charge in [0.2, 0.25) is 0 Å². The van der Waals surface area contributed by atoms with Crippen molar-refractivity contribution in [3.05, 3.63) is 77.4 Å².